The van der Waals surface area contributed by atoms with Crippen molar-refractivity contribution in [1.82, 2.24) is 10.6 Å². The number of piperidine rings is 1. The van der Waals surface area contributed by atoms with E-state index in [1.807, 2.05) is 24.3 Å². The van der Waals surface area contributed by atoms with Gasteiger partial charge in [-0.3, -0.25) is 19.7 Å². The quantitative estimate of drug-likeness (QED) is 0.684. The summed E-state index contributed by atoms with van der Waals surface area (Å²) in [6, 6.07) is 6.92. The molecule has 3 amide bonds. The van der Waals surface area contributed by atoms with Crippen molar-refractivity contribution in [1.29, 1.82) is 0 Å². The van der Waals surface area contributed by atoms with Crippen molar-refractivity contribution < 1.29 is 14.4 Å². The van der Waals surface area contributed by atoms with Crippen LogP contribution in [-0.2, 0) is 20.8 Å². The number of amides is 3. The summed E-state index contributed by atoms with van der Waals surface area (Å²) in [5.74, 6) is -0.898. The maximum absolute atomic E-state index is 12.3. The molecule has 1 aromatic carbocycles. The Morgan fingerprint density at radius 1 is 1.14 bits per heavy atom. The zero-order valence-corrected chi connectivity index (χ0v) is 11.5. The van der Waals surface area contributed by atoms with Crippen LogP contribution in [0.3, 0.4) is 0 Å². The first-order valence-electron chi connectivity index (χ1n) is 7.12. The molecule has 1 saturated heterocycles. The van der Waals surface area contributed by atoms with Crippen LogP contribution < -0.4 is 16.0 Å². The number of hydrogen-bond donors (Lipinski definition) is 3. The van der Waals surface area contributed by atoms with Gasteiger partial charge in [-0.1, -0.05) is 18.2 Å². The Kier molecular flexibility index (Phi) is 3.60. The molecule has 2 unspecified atom stereocenters. The molecule has 0 radical (unpaired) electrons. The largest absolute Gasteiger partial charge is 0.373 e. The summed E-state index contributed by atoms with van der Waals surface area (Å²) in [4.78, 5) is 35.0. The SMILES string of the molecule is O=C1CCC(NC(=O)C2CCc3ccccc3N2)C(=O)N1. The van der Waals surface area contributed by atoms with E-state index >= 15 is 0 Å². The highest BCUT2D eigenvalue weighted by atomic mass is 16.2. The zero-order chi connectivity index (χ0) is 14.8. The molecule has 1 aromatic rings. The Morgan fingerprint density at radius 2 is 1.95 bits per heavy atom. The van der Waals surface area contributed by atoms with Gasteiger partial charge in [-0.2, -0.15) is 0 Å². The first kappa shape index (κ1) is 13.6. The smallest absolute Gasteiger partial charge is 0.249 e. The van der Waals surface area contributed by atoms with E-state index in [0.717, 1.165) is 12.1 Å². The maximum Gasteiger partial charge on any atom is 0.249 e. The second-order valence-electron chi connectivity index (χ2n) is 5.41. The highest BCUT2D eigenvalue weighted by Crippen LogP contribution is 2.24. The van der Waals surface area contributed by atoms with Gasteiger partial charge in [-0.15, -0.1) is 0 Å². The lowest BCUT2D eigenvalue weighted by Gasteiger charge is -2.28. The second-order valence-corrected chi connectivity index (χ2v) is 5.41. The summed E-state index contributed by atoms with van der Waals surface area (Å²) >= 11 is 0. The Morgan fingerprint density at radius 3 is 2.76 bits per heavy atom. The van der Waals surface area contributed by atoms with E-state index in [0.29, 0.717) is 12.8 Å². The van der Waals surface area contributed by atoms with Gasteiger partial charge in [0.05, 0.1) is 0 Å². The first-order chi connectivity index (χ1) is 10.1. The van der Waals surface area contributed by atoms with Gasteiger partial charge in [-0.25, -0.2) is 0 Å². The van der Waals surface area contributed by atoms with Crippen molar-refractivity contribution in [3.63, 3.8) is 0 Å². The van der Waals surface area contributed by atoms with Crippen LogP contribution in [0.2, 0.25) is 0 Å². The number of carbonyl (C=O) groups excluding carboxylic acids is 3. The number of imide groups is 1. The van der Waals surface area contributed by atoms with Crippen molar-refractivity contribution in [2.24, 2.45) is 0 Å². The fourth-order valence-corrected chi connectivity index (χ4v) is 2.74. The van der Waals surface area contributed by atoms with Crippen LogP contribution in [0, 0.1) is 0 Å². The van der Waals surface area contributed by atoms with Crippen LogP contribution in [0.4, 0.5) is 5.69 Å². The summed E-state index contributed by atoms with van der Waals surface area (Å²) in [6.07, 6.45) is 2.14. The Bertz CT molecular complexity index is 600. The van der Waals surface area contributed by atoms with Crippen LogP contribution in [0.1, 0.15) is 24.8 Å². The third-order valence-electron chi connectivity index (χ3n) is 3.92. The van der Waals surface area contributed by atoms with Crippen LogP contribution in [0.5, 0.6) is 0 Å². The standard InChI is InChI=1S/C15H17N3O3/c19-13-8-7-12(15(21)18-13)17-14(20)11-6-5-9-3-1-2-4-10(9)16-11/h1-4,11-12,16H,5-8H2,(H,17,20)(H,18,19,21). The molecular formula is C15H17N3O3. The third kappa shape index (κ3) is 2.89. The van der Waals surface area contributed by atoms with Crippen molar-refractivity contribution in [2.45, 2.75) is 37.8 Å². The predicted octanol–water partition coefficient (Wildman–Crippen LogP) is 0.335. The van der Waals surface area contributed by atoms with E-state index in [4.69, 9.17) is 0 Å². The molecule has 2 aliphatic rings. The fraction of sp³-hybridized carbons (Fsp3) is 0.400. The molecule has 1 fully saturated rings. The summed E-state index contributed by atoms with van der Waals surface area (Å²) < 4.78 is 0. The van der Waals surface area contributed by atoms with Crippen molar-refractivity contribution in [2.75, 3.05) is 5.32 Å². The fourth-order valence-electron chi connectivity index (χ4n) is 2.74. The van der Waals surface area contributed by atoms with Crippen LogP contribution in [-0.4, -0.2) is 29.8 Å². The van der Waals surface area contributed by atoms with E-state index in [1.54, 1.807) is 0 Å². The van der Waals surface area contributed by atoms with Gasteiger partial charge in [0.2, 0.25) is 17.7 Å². The molecule has 2 heterocycles. The molecule has 110 valence electrons. The van der Waals surface area contributed by atoms with E-state index < -0.39 is 11.9 Å². The number of benzene rings is 1. The summed E-state index contributed by atoms with van der Waals surface area (Å²) in [5.41, 5.74) is 2.16. The Balaban J connectivity index is 1.62. The predicted molar refractivity (Wildman–Crippen MR) is 76.5 cm³/mol. The maximum atomic E-state index is 12.3. The second kappa shape index (κ2) is 5.55. The molecule has 2 aliphatic heterocycles. The molecule has 0 aromatic heterocycles. The summed E-state index contributed by atoms with van der Waals surface area (Å²) in [7, 11) is 0. The van der Waals surface area contributed by atoms with Gasteiger partial charge in [0.1, 0.15) is 12.1 Å². The number of rotatable bonds is 2. The first-order valence-corrected chi connectivity index (χ1v) is 7.12. The normalized spacial score (nSPS) is 24.6. The Hall–Kier alpha value is -2.37. The van der Waals surface area contributed by atoms with E-state index in [-0.39, 0.29) is 24.3 Å². The van der Waals surface area contributed by atoms with Gasteiger partial charge in [-0.05, 0) is 30.9 Å². The van der Waals surface area contributed by atoms with Crippen LogP contribution in [0.15, 0.2) is 24.3 Å². The van der Waals surface area contributed by atoms with Crippen molar-refractivity contribution in [3.05, 3.63) is 29.8 Å². The number of fused-ring (bicyclic) bond motifs is 1. The number of nitrogens with one attached hydrogen (secondary N) is 3. The highest BCUT2D eigenvalue weighted by Gasteiger charge is 2.31. The van der Waals surface area contributed by atoms with Crippen LogP contribution in [0.25, 0.3) is 0 Å². The minimum atomic E-state index is -0.617. The number of anilines is 1. The monoisotopic (exact) mass is 287 g/mol. The van der Waals surface area contributed by atoms with Gasteiger partial charge in [0, 0.05) is 12.1 Å². The highest BCUT2D eigenvalue weighted by molar-refractivity contribution is 6.02. The molecule has 0 spiro atoms. The van der Waals surface area contributed by atoms with E-state index in [9.17, 15) is 14.4 Å². The molecule has 3 rings (SSSR count). The molecule has 2 atom stereocenters. The third-order valence-corrected chi connectivity index (χ3v) is 3.92. The van der Waals surface area contributed by atoms with Gasteiger partial charge >= 0.3 is 0 Å². The van der Waals surface area contributed by atoms with Gasteiger partial charge < -0.3 is 10.6 Å². The van der Waals surface area contributed by atoms with E-state index in [2.05, 4.69) is 16.0 Å². The van der Waals surface area contributed by atoms with Crippen molar-refractivity contribution >= 4 is 23.4 Å². The number of para-hydroxylation sites is 1. The molecular weight excluding hydrogens is 270 g/mol. The van der Waals surface area contributed by atoms with Gasteiger partial charge in [0.25, 0.3) is 0 Å². The average Bonchev–Trinajstić information content (AvgIpc) is 2.49. The summed E-state index contributed by atoms with van der Waals surface area (Å²) in [5, 5.41) is 8.16. The van der Waals surface area contributed by atoms with E-state index in [1.165, 1.54) is 5.56 Å². The van der Waals surface area contributed by atoms with Crippen LogP contribution >= 0.6 is 0 Å². The van der Waals surface area contributed by atoms with Gasteiger partial charge in [0.15, 0.2) is 0 Å². The molecule has 0 saturated carbocycles. The zero-order valence-electron chi connectivity index (χ0n) is 11.5. The topological polar surface area (TPSA) is 87.3 Å². The number of carbonyl (C=O) groups is 3. The molecule has 21 heavy (non-hydrogen) atoms. The molecule has 6 nitrogen and oxygen atoms in total. The minimum absolute atomic E-state index is 0.195. The summed E-state index contributed by atoms with van der Waals surface area (Å²) in [6.45, 7) is 0. The number of hydrogen-bond acceptors (Lipinski definition) is 4. The Labute approximate surface area is 122 Å². The molecule has 0 aliphatic carbocycles. The molecule has 6 heteroatoms. The number of aryl methyl sites for hydroxylation is 1. The lowest BCUT2D eigenvalue weighted by Crippen LogP contribution is -2.55. The van der Waals surface area contributed by atoms with Crippen molar-refractivity contribution in [3.8, 4) is 0 Å². The lowest BCUT2D eigenvalue weighted by molar-refractivity contribution is -0.137. The average molecular weight is 287 g/mol. The molecule has 3 N–H and O–H groups in total. The molecule has 0 bridgehead atoms. The minimum Gasteiger partial charge on any atom is -0.373 e. The lowest BCUT2D eigenvalue weighted by atomic mass is 9.97.